The highest BCUT2D eigenvalue weighted by Crippen LogP contribution is 2.23. The number of hydrogen-bond acceptors (Lipinski definition) is 3. The molecule has 1 aromatic heterocycles. The second-order valence-electron chi connectivity index (χ2n) is 7.43. The zero-order valence-electron chi connectivity index (χ0n) is 16.5. The molecule has 2 heterocycles. The Morgan fingerprint density at radius 1 is 1.41 bits per heavy atom. The number of rotatable bonds is 6. The molecule has 1 atom stereocenters. The van der Waals surface area contributed by atoms with Crippen molar-refractivity contribution in [3.8, 4) is 11.4 Å². The lowest BCUT2D eigenvalue weighted by Crippen LogP contribution is -2.40. The quantitative estimate of drug-likeness (QED) is 0.372. The maximum absolute atomic E-state index is 4.89. The van der Waals surface area contributed by atoms with E-state index in [1.807, 2.05) is 12.1 Å². The van der Waals surface area contributed by atoms with Gasteiger partial charge in [-0.3, -0.25) is 5.10 Å². The van der Waals surface area contributed by atoms with Gasteiger partial charge in [-0.1, -0.05) is 32.0 Å². The molecule has 0 saturated carbocycles. The normalized spacial score (nSPS) is 17.3. The number of benzene rings is 1. The monoisotopic (exact) mass is 482 g/mol. The summed E-state index contributed by atoms with van der Waals surface area (Å²) in [6, 6.07) is 8.32. The van der Waals surface area contributed by atoms with Crippen molar-refractivity contribution in [3.05, 3.63) is 36.2 Å². The molecule has 0 aliphatic carbocycles. The van der Waals surface area contributed by atoms with Gasteiger partial charge in [0.25, 0.3) is 0 Å². The number of nitrogens with zero attached hydrogens (tertiary/aromatic N) is 4. The molecule has 0 radical (unpaired) electrons. The summed E-state index contributed by atoms with van der Waals surface area (Å²) in [7, 11) is 0. The van der Waals surface area contributed by atoms with E-state index in [4.69, 9.17) is 4.99 Å². The Hall–Kier alpha value is -1.64. The van der Waals surface area contributed by atoms with Crippen LogP contribution in [0.2, 0.25) is 0 Å². The van der Waals surface area contributed by atoms with Crippen LogP contribution >= 0.6 is 24.0 Å². The lowest BCUT2D eigenvalue weighted by molar-refractivity contribution is 0.403. The van der Waals surface area contributed by atoms with E-state index in [9.17, 15) is 0 Å². The first-order valence-electron chi connectivity index (χ1n) is 9.63. The van der Waals surface area contributed by atoms with Gasteiger partial charge in [-0.15, -0.1) is 24.0 Å². The van der Waals surface area contributed by atoms with Gasteiger partial charge in [0.2, 0.25) is 0 Å². The SMILES string of the molecule is CCNC(=NCc1cccc(-c2ncn[nH]2)c1)N1CCC(CC(C)C)C1.I. The van der Waals surface area contributed by atoms with E-state index in [0.29, 0.717) is 6.54 Å². The van der Waals surface area contributed by atoms with Gasteiger partial charge in [-0.2, -0.15) is 5.10 Å². The van der Waals surface area contributed by atoms with Crippen molar-refractivity contribution >= 4 is 29.9 Å². The molecule has 6 nitrogen and oxygen atoms in total. The van der Waals surface area contributed by atoms with Gasteiger partial charge in [0.05, 0.1) is 6.54 Å². The Labute approximate surface area is 179 Å². The zero-order valence-corrected chi connectivity index (χ0v) is 18.8. The van der Waals surface area contributed by atoms with E-state index in [1.54, 1.807) is 0 Å². The van der Waals surface area contributed by atoms with Crippen molar-refractivity contribution < 1.29 is 0 Å². The average Bonchev–Trinajstić information content (AvgIpc) is 3.30. The maximum atomic E-state index is 4.89. The molecule has 0 spiro atoms. The summed E-state index contributed by atoms with van der Waals surface area (Å²) in [4.78, 5) is 11.5. The van der Waals surface area contributed by atoms with Crippen LogP contribution in [0.15, 0.2) is 35.6 Å². The second-order valence-corrected chi connectivity index (χ2v) is 7.43. The van der Waals surface area contributed by atoms with Gasteiger partial charge in [-0.25, -0.2) is 9.98 Å². The van der Waals surface area contributed by atoms with Gasteiger partial charge in [0, 0.05) is 25.2 Å². The number of guanidine groups is 1. The molecule has 3 rings (SSSR count). The fraction of sp³-hybridized carbons (Fsp3) is 0.550. The molecule has 1 aromatic carbocycles. The van der Waals surface area contributed by atoms with Crippen LogP contribution in [0.5, 0.6) is 0 Å². The van der Waals surface area contributed by atoms with Gasteiger partial charge >= 0.3 is 0 Å². The van der Waals surface area contributed by atoms with Gasteiger partial charge in [0.1, 0.15) is 6.33 Å². The topological polar surface area (TPSA) is 69.2 Å². The molecule has 148 valence electrons. The van der Waals surface area contributed by atoms with Crippen molar-refractivity contribution in [1.29, 1.82) is 0 Å². The van der Waals surface area contributed by atoms with Crippen LogP contribution in [0.3, 0.4) is 0 Å². The number of likely N-dealkylation sites (tertiary alicyclic amines) is 1. The third-order valence-corrected chi connectivity index (χ3v) is 4.75. The standard InChI is InChI=1S/C20H30N6.HI/c1-4-21-20(26-9-8-17(13-26)10-15(2)3)22-12-16-6-5-7-18(11-16)19-23-14-24-25-19;/h5-7,11,14-15,17H,4,8-10,12-13H2,1-3H3,(H,21,22)(H,23,24,25);1H. The van der Waals surface area contributed by atoms with Crippen LogP contribution < -0.4 is 5.32 Å². The molecule has 1 aliphatic heterocycles. The number of H-pyrrole nitrogens is 1. The number of aromatic nitrogens is 3. The minimum atomic E-state index is 0. The minimum absolute atomic E-state index is 0. The Morgan fingerprint density at radius 3 is 2.96 bits per heavy atom. The Bertz CT molecular complexity index is 713. The summed E-state index contributed by atoms with van der Waals surface area (Å²) in [6.07, 6.45) is 4.10. The molecule has 27 heavy (non-hydrogen) atoms. The Morgan fingerprint density at radius 2 is 2.26 bits per heavy atom. The predicted molar refractivity (Wildman–Crippen MR) is 121 cm³/mol. The van der Waals surface area contributed by atoms with E-state index in [1.165, 1.54) is 24.7 Å². The fourth-order valence-electron chi connectivity index (χ4n) is 3.64. The largest absolute Gasteiger partial charge is 0.357 e. The van der Waals surface area contributed by atoms with Crippen LogP contribution in [0.25, 0.3) is 11.4 Å². The molecule has 2 aromatic rings. The lowest BCUT2D eigenvalue weighted by Gasteiger charge is -2.22. The second kappa shape index (κ2) is 10.6. The molecular formula is C20H31IN6. The van der Waals surface area contributed by atoms with E-state index in [2.05, 4.69) is 58.3 Å². The van der Waals surface area contributed by atoms with E-state index in [-0.39, 0.29) is 24.0 Å². The molecule has 1 aliphatic rings. The summed E-state index contributed by atoms with van der Waals surface area (Å²) in [6.45, 7) is 10.5. The highest BCUT2D eigenvalue weighted by atomic mass is 127. The first-order chi connectivity index (χ1) is 12.7. The Balaban J connectivity index is 0.00000261. The zero-order chi connectivity index (χ0) is 18.4. The lowest BCUT2D eigenvalue weighted by atomic mass is 9.97. The summed E-state index contributed by atoms with van der Waals surface area (Å²) >= 11 is 0. The maximum Gasteiger partial charge on any atom is 0.194 e. The van der Waals surface area contributed by atoms with Crippen LogP contribution in [-0.4, -0.2) is 45.7 Å². The molecular weight excluding hydrogens is 451 g/mol. The minimum Gasteiger partial charge on any atom is -0.357 e. The molecule has 2 N–H and O–H groups in total. The highest BCUT2D eigenvalue weighted by Gasteiger charge is 2.25. The average molecular weight is 482 g/mol. The third-order valence-electron chi connectivity index (χ3n) is 4.75. The van der Waals surface area contributed by atoms with Gasteiger partial charge < -0.3 is 10.2 Å². The molecule has 1 saturated heterocycles. The molecule has 0 amide bonds. The third kappa shape index (κ3) is 6.19. The number of hydrogen-bond donors (Lipinski definition) is 2. The molecule has 7 heteroatoms. The first kappa shape index (κ1) is 21.7. The van der Waals surface area contributed by atoms with Crippen molar-refractivity contribution in [2.24, 2.45) is 16.8 Å². The first-order valence-corrected chi connectivity index (χ1v) is 9.63. The number of nitrogens with one attached hydrogen (secondary N) is 2. The van der Waals surface area contributed by atoms with E-state index < -0.39 is 0 Å². The number of aromatic amines is 1. The van der Waals surface area contributed by atoms with Gasteiger partial charge in [-0.05, 0) is 43.2 Å². The van der Waals surface area contributed by atoms with Crippen molar-refractivity contribution in [3.63, 3.8) is 0 Å². The van der Waals surface area contributed by atoms with Crippen molar-refractivity contribution in [2.45, 2.75) is 40.2 Å². The Kier molecular flexibility index (Phi) is 8.53. The number of aliphatic imine (C=N–C) groups is 1. The van der Waals surface area contributed by atoms with Crippen molar-refractivity contribution in [2.75, 3.05) is 19.6 Å². The highest BCUT2D eigenvalue weighted by molar-refractivity contribution is 14.0. The predicted octanol–water partition coefficient (Wildman–Crippen LogP) is 3.92. The summed E-state index contributed by atoms with van der Waals surface area (Å²) in [5, 5.41) is 10.3. The van der Waals surface area contributed by atoms with Crippen LogP contribution in [0, 0.1) is 11.8 Å². The summed E-state index contributed by atoms with van der Waals surface area (Å²) < 4.78 is 0. The number of halogens is 1. The smallest absolute Gasteiger partial charge is 0.194 e. The summed E-state index contributed by atoms with van der Waals surface area (Å²) in [5.74, 6) is 3.37. The van der Waals surface area contributed by atoms with Crippen molar-refractivity contribution in [1.82, 2.24) is 25.4 Å². The van der Waals surface area contributed by atoms with Crippen LogP contribution in [0.4, 0.5) is 0 Å². The molecule has 1 unspecified atom stereocenters. The van der Waals surface area contributed by atoms with E-state index in [0.717, 1.165) is 48.8 Å². The van der Waals surface area contributed by atoms with Crippen LogP contribution in [-0.2, 0) is 6.54 Å². The fourth-order valence-corrected chi connectivity index (χ4v) is 3.64. The molecule has 1 fully saturated rings. The summed E-state index contributed by atoms with van der Waals surface area (Å²) in [5.41, 5.74) is 2.21. The van der Waals surface area contributed by atoms with Gasteiger partial charge in [0.15, 0.2) is 11.8 Å². The molecule has 0 bridgehead atoms. The van der Waals surface area contributed by atoms with E-state index >= 15 is 0 Å². The van der Waals surface area contributed by atoms with Crippen LogP contribution in [0.1, 0.15) is 39.2 Å².